The van der Waals surface area contributed by atoms with Crippen molar-refractivity contribution in [3.63, 3.8) is 0 Å². The molecule has 0 bridgehead atoms. The Kier molecular flexibility index (Phi) is 3.16. The SMILES string of the molecule is Cc1nc2ccc(OC(=O)c3ccccc3Cl)cc2o1. The Bertz CT molecular complexity index is 795. The summed E-state index contributed by atoms with van der Waals surface area (Å²) in [5.74, 6) is 0.444. The Hall–Kier alpha value is -2.33. The van der Waals surface area contributed by atoms with E-state index in [1.54, 1.807) is 49.4 Å². The quantitative estimate of drug-likeness (QED) is 0.528. The molecule has 0 saturated carbocycles. The van der Waals surface area contributed by atoms with Crippen LogP contribution in [0.25, 0.3) is 11.1 Å². The maximum absolute atomic E-state index is 12.0. The zero-order valence-electron chi connectivity index (χ0n) is 10.6. The standard InChI is InChI=1S/C15H10ClNO3/c1-9-17-13-7-6-10(8-14(13)19-9)20-15(18)11-4-2-3-5-12(11)16/h2-8H,1H3. The summed E-state index contributed by atoms with van der Waals surface area (Å²) >= 11 is 5.95. The molecule has 0 spiro atoms. The third-order valence-corrected chi connectivity index (χ3v) is 3.10. The van der Waals surface area contributed by atoms with E-state index in [-0.39, 0.29) is 0 Å². The molecule has 0 atom stereocenters. The Labute approximate surface area is 119 Å². The largest absolute Gasteiger partial charge is 0.441 e. The number of nitrogens with zero attached hydrogens (tertiary/aromatic N) is 1. The summed E-state index contributed by atoms with van der Waals surface area (Å²) in [5, 5.41) is 0.356. The van der Waals surface area contributed by atoms with Gasteiger partial charge in [-0.3, -0.25) is 0 Å². The van der Waals surface area contributed by atoms with Crippen molar-refractivity contribution >= 4 is 28.7 Å². The van der Waals surface area contributed by atoms with Crippen molar-refractivity contribution in [2.75, 3.05) is 0 Å². The highest BCUT2D eigenvalue weighted by atomic mass is 35.5. The van der Waals surface area contributed by atoms with Gasteiger partial charge in [0, 0.05) is 13.0 Å². The molecule has 20 heavy (non-hydrogen) atoms. The second kappa shape index (κ2) is 4.98. The third-order valence-electron chi connectivity index (χ3n) is 2.77. The van der Waals surface area contributed by atoms with Crippen LogP contribution in [0.2, 0.25) is 5.02 Å². The summed E-state index contributed by atoms with van der Waals surface area (Å²) in [4.78, 5) is 16.2. The van der Waals surface area contributed by atoms with Crippen molar-refractivity contribution in [3.8, 4) is 5.75 Å². The maximum Gasteiger partial charge on any atom is 0.345 e. The minimum absolute atomic E-state index is 0.322. The first kappa shape index (κ1) is 12.7. The summed E-state index contributed by atoms with van der Waals surface area (Å²) in [7, 11) is 0. The average molecular weight is 288 g/mol. The van der Waals surface area contributed by atoms with Gasteiger partial charge in [0.25, 0.3) is 0 Å². The highest BCUT2D eigenvalue weighted by Crippen LogP contribution is 2.23. The van der Waals surface area contributed by atoms with Crippen LogP contribution in [0.1, 0.15) is 16.2 Å². The van der Waals surface area contributed by atoms with Crippen LogP contribution in [0, 0.1) is 6.92 Å². The molecule has 0 radical (unpaired) electrons. The summed E-state index contributed by atoms with van der Waals surface area (Å²) in [6, 6.07) is 11.8. The van der Waals surface area contributed by atoms with Crippen LogP contribution < -0.4 is 4.74 Å². The van der Waals surface area contributed by atoms with Gasteiger partial charge in [0.1, 0.15) is 11.3 Å². The Balaban J connectivity index is 1.89. The van der Waals surface area contributed by atoms with Gasteiger partial charge in [0.05, 0.1) is 10.6 Å². The average Bonchev–Trinajstić information content (AvgIpc) is 2.78. The van der Waals surface area contributed by atoms with E-state index < -0.39 is 5.97 Å². The monoisotopic (exact) mass is 287 g/mol. The first-order valence-electron chi connectivity index (χ1n) is 5.97. The van der Waals surface area contributed by atoms with E-state index >= 15 is 0 Å². The molecule has 0 amide bonds. The molecule has 0 N–H and O–H groups in total. The van der Waals surface area contributed by atoms with Gasteiger partial charge >= 0.3 is 5.97 Å². The number of hydrogen-bond acceptors (Lipinski definition) is 4. The highest BCUT2D eigenvalue weighted by molar-refractivity contribution is 6.33. The predicted octanol–water partition coefficient (Wildman–Crippen LogP) is 4.01. The van der Waals surface area contributed by atoms with Gasteiger partial charge < -0.3 is 9.15 Å². The first-order valence-corrected chi connectivity index (χ1v) is 6.35. The topological polar surface area (TPSA) is 52.3 Å². The third kappa shape index (κ3) is 2.38. The second-order valence-electron chi connectivity index (χ2n) is 4.23. The fourth-order valence-corrected chi connectivity index (χ4v) is 2.09. The number of halogens is 1. The minimum Gasteiger partial charge on any atom is -0.441 e. The van der Waals surface area contributed by atoms with Gasteiger partial charge in [-0.2, -0.15) is 0 Å². The molecule has 5 heteroatoms. The Morgan fingerprint density at radius 1 is 1.25 bits per heavy atom. The molecule has 1 heterocycles. The van der Waals surface area contributed by atoms with E-state index in [0.29, 0.717) is 27.8 Å². The van der Waals surface area contributed by atoms with Gasteiger partial charge in [0.15, 0.2) is 11.5 Å². The van der Waals surface area contributed by atoms with Crippen molar-refractivity contribution < 1.29 is 13.9 Å². The lowest BCUT2D eigenvalue weighted by molar-refractivity contribution is 0.0735. The lowest BCUT2D eigenvalue weighted by atomic mass is 10.2. The number of carbonyl (C=O) groups excluding carboxylic acids is 1. The number of hydrogen-bond donors (Lipinski definition) is 0. The van der Waals surface area contributed by atoms with Gasteiger partial charge in [-0.1, -0.05) is 23.7 Å². The van der Waals surface area contributed by atoms with E-state index in [0.717, 1.165) is 5.52 Å². The number of benzene rings is 2. The van der Waals surface area contributed by atoms with Crippen LogP contribution in [0.4, 0.5) is 0 Å². The molecule has 100 valence electrons. The molecule has 0 aliphatic heterocycles. The van der Waals surface area contributed by atoms with Crippen molar-refractivity contribution in [1.29, 1.82) is 0 Å². The molecule has 3 rings (SSSR count). The van der Waals surface area contributed by atoms with Gasteiger partial charge in [-0.15, -0.1) is 0 Å². The fourth-order valence-electron chi connectivity index (χ4n) is 1.87. The molecular weight excluding hydrogens is 278 g/mol. The van der Waals surface area contributed by atoms with Crippen LogP contribution in [0.3, 0.4) is 0 Å². The number of fused-ring (bicyclic) bond motifs is 1. The number of rotatable bonds is 2. The van der Waals surface area contributed by atoms with E-state index in [2.05, 4.69) is 4.98 Å². The molecule has 0 unspecified atom stereocenters. The van der Waals surface area contributed by atoms with Crippen molar-refractivity contribution in [1.82, 2.24) is 4.98 Å². The normalized spacial score (nSPS) is 10.7. The Morgan fingerprint density at radius 2 is 2.05 bits per heavy atom. The summed E-state index contributed by atoms with van der Waals surface area (Å²) < 4.78 is 10.7. The van der Waals surface area contributed by atoms with E-state index in [9.17, 15) is 4.79 Å². The lowest BCUT2D eigenvalue weighted by Gasteiger charge is -2.05. The number of aromatic nitrogens is 1. The number of aryl methyl sites for hydroxylation is 1. The fraction of sp³-hybridized carbons (Fsp3) is 0.0667. The van der Waals surface area contributed by atoms with Crippen molar-refractivity contribution in [2.24, 2.45) is 0 Å². The summed E-state index contributed by atoms with van der Waals surface area (Å²) in [6.45, 7) is 1.76. The Morgan fingerprint density at radius 3 is 2.85 bits per heavy atom. The zero-order chi connectivity index (χ0) is 14.1. The first-order chi connectivity index (χ1) is 9.63. The molecule has 4 nitrogen and oxygen atoms in total. The van der Waals surface area contributed by atoms with Crippen LogP contribution in [-0.4, -0.2) is 11.0 Å². The van der Waals surface area contributed by atoms with Crippen LogP contribution in [0.5, 0.6) is 5.75 Å². The smallest absolute Gasteiger partial charge is 0.345 e. The number of ether oxygens (including phenoxy) is 1. The highest BCUT2D eigenvalue weighted by Gasteiger charge is 2.13. The van der Waals surface area contributed by atoms with E-state index in [1.165, 1.54) is 0 Å². The molecule has 0 aliphatic carbocycles. The predicted molar refractivity (Wildman–Crippen MR) is 75.2 cm³/mol. The van der Waals surface area contributed by atoms with Gasteiger partial charge in [-0.25, -0.2) is 9.78 Å². The number of carbonyl (C=O) groups is 1. The number of oxazole rings is 1. The summed E-state index contributed by atoms with van der Waals surface area (Å²) in [6.07, 6.45) is 0. The van der Waals surface area contributed by atoms with Crippen LogP contribution in [-0.2, 0) is 0 Å². The van der Waals surface area contributed by atoms with Gasteiger partial charge in [0.2, 0.25) is 0 Å². The lowest BCUT2D eigenvalue weighted by Crippen LogP contribution is -2.08. The van der Waals surface area contributed by atoms with Crippen LogP contribution >= 0.6 is 11.6 Å². The van der Waals surface area contributed by atoms with E-state index in [4.69, 9.17) is 20.8 Å². The molecular formula is C15H10ClNO3. The number of esters is 1. The van der Waals surface area contributed by atoms with E-state index in [1.807, 2.05) is 0 Å². The minimum atomic E-state index is -0.508. The van der Waals surface area contributed by atoms with Crippen molar-refractivity contribution in [2.45, 2.75) is 6.92 Å². The molecule has 1 aromatic heterocycles. The summed E-state index contributed by atoms with van der Waals surface area (Å²) in [5.41, 5.74) is 1.62. The molecule has 0 aliphatic rings. The molecule has 0 fully saturated rings. The molecule has 0 saturated heterocycles. The van der Waals surface area contributed by atoms with Gasteiger partial charge in [-0.05, 0) is 24.3 Å². The van der Waals surface area contributed by atoms with Crippen LogP contribution in [0.15, 0.2) is 46.9 Å². The molecule has 2 aromatic carbocycles. The maximum atomic E-state index is 12.0. The van der Waals surface area contributed by atoms with Crippen molar-refractivity contribution in [3.05, 3.63) is 58.9 Å². The molecule has 3 aromatic rings. The zero-order valence-corrected chi connectivity index (χ0v) is 11.3. The second-order valence-corrected chi connectivity index (χ2v) is 4.64.